The molecule has 0 bridgehead atoms. The number of nitrogens with one attached hydrogen (secondary N) is 1. The van der Waals surface area contributed by atoms with Gasteiger partial charge in [-0.15, -0.1) is 0 Å². The molecule has 2 N–H and O–H groups in total. The zero-order valence-corrected chi connectivity index (χ0v) is 15.5. The molecule has 1 aliphatic heterocycles. The van der Waals surface area contributed by atoms with Crippen molar-refractivity contribution < 1.29 is 19.5 Å². The number of carbonyl (C=O) groups is 3. The van der Waals surface area contributed by atoms with Gasteiger partial charge >= 0.3 is 5.97 Å². The number of benzene rings is 1. The number of hydrogen-bond donors (Lipinski definition) is 2. The summed E-state index contributed by atoms with van der Waals surface area (Å²) in [6.45, 7) is 5.23. The number of likely N-dealkylation sites (tertiary alicyclic amines) is 1. The maximum atomic E-state index is 12.7. The van der Waals surface area contributed by atoms with Gasteiger partial charge in [-0.25, -0.2) is 4.79 Å². The van der Waals surface area contributed by atoms with Crippen molar-refractivity contribution in [3.05, 3.63) is 35.4 Å². The fourth-order valence-electron chi connectivity index (χ4n) is 3.24. The Morgan fingerprint density at radius 2 is 1.88 bits per heavy atom. The van der Waals surface area contributed by atoms with E-state index in [1.54, 1.807) is 17.0 Å². The van der Waals surface area contributed by atoms with Crippen molar-refractivity contribution in [3.63, 3.8) is 0 Å². The van der Waals surface area contributed by atoms with Crippen molar-refractivity contribution in [3.8, 4) is 0 Å². The predicted molar refractivity (Wildman–Crippen MR) is 98.9 cm³/mol. The number of carboxylic acid groups (broad SMARTS) is 1. The standard InChI is InChI=1S/C20H28N2O4/c1-3-4-11-21-19(24)17-8-5-14(2)22(13-17)18(23)12-15-6-9-16(10-7-15)20(25)26/h6-7,9-10,14,17H,3-5,8,11-13H2,1-2H3,(H,21,24)(H,25,26). The van der Waals surface area contributed by atoms with Gasteiger partial charge in [0.25, 0.3) is 0 Å². The maximum absolute atomic E-state index is 12.7. The van der Waals surface area contributed by atoms with E-state index in [0.29, 0.717) is 13.1 Å². The largest absolute Gasteiger partial charge is 0.478 e. The Hall–Kier alpha value is -2.37. The van der Waals surface area contributed by atoms with E-state index in [0.717, 1.165) is 31.2 Å². The van der Waals surface area contributed by atoms with Crippen LogP contribution < -0.4 is 5.32 Å². The van der Waals surface area contributed by atoms with Gasteiger partial charge in [0.1, 0.15) is 0 Å². The maximum Gasteiger partial charge on any atom is 0.335 e. The fraction of sp³-hybridized carbons (Fsp3) is 0.550. The zero-order valence-electron chi connectivity index (χ0n) is 15.5. The van der Waals surface area contributed by atoms with Crippen molar-refractivity contribution >= 4 is 17.8 Å². The third-order valence-electron chi connectivity index (χ3n) is 4.96. The van der Waals surface area contributed by atoms with Crippen molar-refractivity contribution in [1.29, 1.82) is 0 Å². The fourth-order valence-corrected chi connectivity index (χ4v) is 3.24. The number of hydrogen-bond acceptors (Lipinski definition) is 3. The summed E-state index contributed by atoms with van der Waals surface area (Å²) in [7, 11) is 0. The Balaban J connectivity index is 1.95. The van der Waals surface area contributed by atoms with Gasteiger partial charge in [-0.3, -0.25) is 9.59 Å². The lowest BCUT2D eigenvalue weighted by molar-refractivity contribution is -0.137. The topological polar surface area (TPSA) is 86.7 Å². The number of carboxylic acids is 1. The molecule has 0 saturated carbocycles. The summed E-state index contributed by atoms with van der Waals surface area (Å²) in [5.41, 5.74) is 0.984. The third kappa shape index (κ3) is 5.31. The van der Waals surface area contributed by atoms with Crippen LogP contribution in [0.15, 0.2) is 24.3 Å². The van der Waals surface area contributed by atoms with Crippen LogP contribution in [0.5, 0.6) is 0 Å². The number of amides is 2. The highest BCUT2D eigenvalue weighted by Gasteiger charge is 2.32. The lowest BCUT2D eigenvalue weighted by atomic mass is 9.92. The van der Waals surface area contributed by atoms with E-state index in [1.807, 2.05) is 6.92 Å². The average molecular weight is 360 g/mol. The number of nitrogens with zero attached hydrogens (tertiary/aromatic N) is 1. The monoisotopic (exact) mass is 360 g/mol. The second-order valence-corrected chi connectivity index (χ2v) is 6.99. The Labute approximate surface area is 154 Å². The highest BCUT2D eigenvalue weighted by Crippen LogP contribution is 2.23. The zero-order chi connectivity index (χ0) is 19.1. The van der Waals surface area contributed by atoms with E-state index in [-0.39, 0.29) is 35.8 Å². The molecule has 0 aromatic heterocycles. The van der Waals surface area contributed by atoms with Crippen molar-refractivity contribution in [2.45, 2.75) is 52.0 Å². The molecule has 1 aromatic carbocycles. The highest BCUT2D eigenvalue weighted by atomic mass is 16.4. The second kappa shape index (κ2) is 9.36. The summed E-state index contributed by atoms with van der Waals surface area (Å²) in [5, 5.41) is 11.9. The second-order valence-electron chi connectivity index (χ2n) is 6.99. The molecule has 26 heavy (non-hydrogen) atoms. The molecule has 2 atom stereocenters. The minimum absolute atomic E-state index is 0.0216. The molecule has 0 spiro atoms. The molecule has 2 rings (SSSR count). The summed E-state index contributed by atoms with van der Waals surface area (Å²) in [6.07, 6.45) is 3.83. The van der Waals surface area contributed by atoms with E-state index in [4.69, 9.17) is 5.11 Å². The molecule has 6 heteroatoms. The lowest BCUT2D eigenvalue weighted by Crippen LogP contribution is -2.50. The van der Waals surface area contributed by atoms with Gasteiger partial charge in [-0.2, -0.15) is 0 Å². The molecule has 0 aliphatic carbocycles. The molecular weight excluding hydrogens is 332 g/mol. The van der Waals surface area contributed by atoms with Crippen molar-refractivity contribution in [1.82, 2.24) is 10.2 Å². The van der Waals surface area contributed by atoms with Crippen LogP contribution in [0.2, 0.25) is 0 Å². The summed E-state index contributed by atoms with van der Waals surface area (Å²) in [4.78, 5) is 37.7. The van der Waals surface area contributed by atoms with Crippen molar-refractivity contribution in [2.24, 2.45) is 5.92 Å². The molecule has 1 saturated heterocycles. The first kappa shape index (κ1) is 19.9. The Morgan fingerprint density at radius 3 is 2.50 bits per heavy atom. The van der Waals surface area contributed by atoms with Gasteiger partial charge in [-0.1, -0.05) is 25.5 Å². The highest BCUT2D eigenvalue weighted by molar-refractivity contribution is 5.88. The Kier molecular flexibility index (Phi) is 7.18. The number of rotatable bonds is 7. The third-order valence-corrected chi connectivity index (χ3v) is 4.96. The molecule has 1 heterocycles. The van der Waals surface area contributed by atoms with Crippen LogP contribution in [0, 0.1) is 5.92 Å². The van der Waals surface area contributed by atoms with Gasteiger partial charge in [0.15, 0.2) is 0 Å². The van der Waals surface area contributed by atoms with E-state index >= 15 is 0 Å². The van der Waals surface area contributed by atoms with Gasteiger partial charge in [-0.05, 0) is 43.9 Å². The summed E-state index contributed by atoms with van der Waals surface area (Å²) in [5.74, 6) is -1.12. The SMILES string of the molecule is CCCCNC(=O)C1CCC(C)N(C(=O)Cc2ccc(C(=O)O)cc2)C1. The smallest absolute Gasteiger partial charge is 0.335 e. The first-order chi connectivity index (χ1) is 12.4. The molecule has 2 unspecified atom stereocenters. The van der Waals surface area contributed by atoms with Crippen LogP contribution in [0.1, 0.15) is 55.5 Å². The molecular formula is C20H28N2O4. The predicted octanol–water partition coefficient (Wildman–Crippen LogP) is 2.47. The van der Waals surface area contributed by atoms with Crippen LogP contribution in [-0.4, -0.2) is 46.9 Å². The number of unbranched alkanes of at least 4 members (excludes halogenated alkanes) is 1. The molecule has 6 nitrogen and oxygen atoms in total. The molecule has 1 fully saturated rings. The van der Waals surface area contributed by atoms with Crippen LogP contribution in [0.25, 0.3) is 0 Å². The number of piperidine rings is 1. The van der Waals surface area contributed by atoms with Gasteiger partial charge in [0.05, 0.1) is 17.9 Å². The van der Waals surface area contributed by atoms with E-state index in [2.05, 4.69) is 12.2 Å². The summed E-state index contributed by atoms with van der Waals surface area (Å²) >= 11 is 0. The molecule has 1 aromatic rings. The summed E-state index contributed by atoms with van der Waals surface area (Å²) < 4.78 is 0. The molecule has 2 amide bonds. The first-order valence-corrected chi connectivity index (χ1v) is 9.31. The normalized spacial score (nSPS) is 19.8. The molecule has 142 valence electrons. The van der Waals surface area contributed by atoms with Gasteiger partial charge in [0, 0.05) is 19.1 Å². The first-order valence-electron chi connectivity index (χ1n) is 9.31. The van der Waals surface area contributed by atoms with E-state index in [1.165, 1.54) is 12.1 Å². The van der Waals surface area contributed by atoms with Crippen LogP contribution in [0.4, 0.5) is 0 Å². The lowest BCUT2D eigenvalue weighted by Gasteiger charge is -2.37. The Bertz CT molecular complexity index is 642. The summed E-state index contributed by atoms with van der Waals surface area (Å²) in [6, 6.07) is 6.47. The van der Waals surface area contributed by atoms with Crippen LogP contribution >= 0.6 is 0 Å². The van der Waals surface area contributed by atoms with E-state index < -0.39 is 5.97 Å². The van der Waals surface area contributed by atoms with E-state index in [9.17, 15) is 14.4 Å². The minimum atomic E-state index is -0.982. The van der Waals surface area contributed by atoms with Gasteiger partial charge in [0.2, 0.25) is 11.8 Å². The van der Waals surface area contributed by atoms with Crippen molar-refractivity contribution in [2.75, 3.05) is 13.1 Å². The number of carbonyl (C=O) groups excluding carboxylic acids is 2. The van der Waals surface area contributed by atoms with Gasteiger partial charge < -0.3 is 15.3 Å². The molecule has 0 radical (unpaired) electrons. The van der Waals surface area contributed by atoms with Crippen LogP contribution in [0.3, 0.4) is 0 Å². The Morgan fingerprint density at radius 1 is 1.19 bits per heavy atom. The average Bonchev–Trinajstić information content (AvgIpc) is 2.62. The minimum Gasteiger partial charge on any atom is -0.478 e. The van der Waals surface area contributed by atoms with Crippen LogP contribution in [-0.2, 0) is 16.0 Å². The number of aromatic carboxylic acids is 1. The molecule has 1 aliphatic rings. The quantitative estimate of drug-likeness (QED) is 0.731.